The topological polar surface area (TPSA) is 78.4 Å². The van der Waals surface area contributed by atoms with E-state index in [4.69, 9.17) is 28.4 Å². The highest BCUT2D eigenvalue weighted by Gasteiger charge is 2.13. The second-order valence-corrected chi connectivity index (χ2v) is 5.87. The van der Waals surface area contributed by atoms with Crippen LogP contribution in [0.2, 0.25) is 10.0 Å². The van der Waals surface area contributed by atoms with Crippen molar-refractivity contribution in [3.05, 3.63) is 55.7 Å². The number of amides is 2. The number of hydroxylamine groups is 1. The summed E-state index contributed by atoms with van der Waals surface area (Å²) in [6, 6.07) is 8.12. The van der Waals surface area contributed by atoms with E-state index in [1.165, 1.54) is 17.6 Å². The molecule has 0 bridgehead atoms. The number of nitrogens with one attached hydrogen (secondary N) is 2. The van der Waals surface area contributed by atoms with Crippen LogP contribution >= 0.6 is 34.5 Å². The molecular weight excluding hydrogens is 335 g/mol. The molecule has 0 atom stereocenters. The van der Waals surface area contributed by atoms with Gasteiger partial charge in [0.2, 0.25) is 0 Å². The summed E-state index contributed by atoms with van der Waals surface area (Å²) >= 11 is 12.9. The zero-order chi connectivity index (χ0) is 15.4. The zero-order valence-electron chi connectivity index (χ0n) is 10.5. The van der Waals surface area contributed by atoms with Gasteiger partial charge in [-0.2, -0.15) is 0 Å². The van der Waals surface area contributed by atoms with E-state index in [9.17, 15) is 9.59 Å². The van der Waals surface area contributed by atoms with Crippen molar-refractivity contribution in [2.45, 2.75) is 6.54 Å². The number of halogens is 2. The largest absolute Gasteiger partial charge is 0.347 e. The summed E-state index contributed by atoms with van der Waals surface area (Å²) in [6.45, 7) is 0.220. The Morgan fingerprint density at radius 3 is 2.43 bits per heavy atom. The van der Waals surface area contributed by atoms with Gasteiger partial charge in [-0.1, -0.05) is 35.3 Å². The Morgan fingerprint density at radius 1 is 1.10 bits per heavy atom. The van der Waals surface area contributed by atoms with Crippen LogP contribution < -0.4 is 10.8 Å². The van der Waals surface area contributed by atoms with Gasteiger partial charge < -0.3 is 5.32 Å². The first-order valence-electron chi connectivity index (χ1n) is 5.78. The fraction of sp³-hybridized carbons (Fsp3) is 0.0769. The molecule has 0 aliphatic rings. The first kappa shape index (κ1) is 15.8. The van der Waals surface area contributed by atoms with Crippen LogP contribution in [0.3, 0.4) is 0 Å². The maximum absolute atomic E-state index is 12.0. The highest BCUT2D eigenvalue weighted by Crippen LogP contribution is 2.25. The van der Waals surface area contributed by atoms with Crippen molar-refractivity contribution >= 4 is 46.4 Å². The van der Waals surface area contributed by atoms with Gasteiger partial charge in [0.15, 0.2) is 0 Å². The van der Waals surface area contributed by atoms with Gasteiger partial charge in [-0.05, 0) is 23.8 Å². The fourth-order valence-corrected chi connectivity index (χ4v) is 2.78. The Morgan fingerprint density at radius 2 is 1.76 bits per heavy atom. The molecule has 21 heavy (non-hydrogen) atoms. The zero-order valence-corrected chi connectivity index (χ0v) is 12.9. The lowest BCUT2D eigenvalue weighted by Crippen LogP contribution is -2.22. The Bertz CT molecular complexity index is 688. The fourth-order valence-electron chi connectivity index (χ4n) is 1.58. The highest BCUT2D eigenvalue weighted by atomic mass is 35.5. The lowest BCUT2D eigenvalue weighted by atomic mass is 10.2. The minimum absolute atomic E-state index is 0.220. The molecule has 0 unspecified atom stereocenters. The monoisotopic (exact) mass is 344 g/mol. The van der Waals surface area contributed by atoms with Crippen molar-refractivity contribution in [1.29, 1.82) is 0 Å². The van der Waals surface area contributed by atoms with Gasteiger partial charge in [0.05, 0.1) is 19.8 Å². The van der Waals surface area contributed by atoms with Gasteiger partial charge in [-0.25, -0.2) is 5.48 Å². The van der Waals surface area contributed by atoms with E-state index in [1.54, 1.807) is 18.2 Å². The SMILES string of the molecule is O=C(NO)c1ccc(C(=O)NCc2cccc(Cl)c2Cl)s1. The summed E-state index contributed by atoms with van der Waals surface area (Å²) in [6.07, 6.45) is 0. The summed E-state index contributed by atoms with van der Waals surface area (Å²) in [5.74, 6) is -0.995. The Kier molecular flexibility index (Phi) is 5.19. The van der Waals surface area contributed by atoms with Crippen LogP contribution in [0.1, 0.15) is 24.9 Å². The number of hydrogen-bond donors (Lipinski definition) is 3. The molecule has 0 aliphatic carbocycles. The van der Waals surface area contributed by atoms with Crippen molar-refractivity contribution in [3.63, 3.8) is 0 Å². The number of rotatable bonds is 4. The van der Waals surface area contributed by atoms with E-state index in [0.29, 0.717) is 20.5 Å². The summed E-state index contributed by atoms with van der Waals surface area (Å²) in [5, 5.41) is 12.0. The molecule has 8 heteroatoms. The molecular formula is C13H10Cl2N2O3S. The normalized spacial score (nSPS) is 10.2. The minimum atomic E-state index is -0.656. The summed E-state index contributed by atoms with van der Waals surface area (Å²) in [7, 11) is 0. The smallest absolute Gasteiger partial charge is 0.284 e. The Labute approximate surface area is 134 Å². The second-order valence-electron chi connectivity index (χ2n) is 4.00. The molecule has 2 aromatic rings. The number of carbonyl (C=O) groups is 2. The molecule has 2 amide bonds. The average Bonchev–Trinajstić information content (AvgIpc) is 2.97. The van der Waals surface area contributed by atoms with Gasteiger partial charge in [-0.3, -0.25) is 14.8 Å². The first-order chi connectivity index (χ1) is 10.0. The predicted octanol–water partition coefficient (Wildman–Crippen LogP) is 3.10. The third-order valence-corrected chi connectivity index (χ3v) is 4.57. The molecule has 110 valence electrons. The lowest BCUT2D eigenvalue weighted by Gasteiger charge is -2.07. The van der Waals surface area contributed by atoms with E-state index in [1.807, 2.05) is 0 Å². The molecule has 0 aliphatic heterocycles. The minimum Gasteiger partial charge on any atom is -0.347 e. The number of thiophene rings is 1. The quantitative estimate of drug-likeness (QED) is 0.589. The second kappa shape index (κ2) is 6.91. The Balaban J connectivity index is 2.03. The molecule has 0 spiro atoms. The van der Waals surface area contributed by atoms with Crippen LogP contribution in [0, 0.1) is 0 Å². The van der Waals surface area contributed by atoms with E-state index < -0.39 is 5.91 Å². The summed E-state index contributed by atoms with van der Waals surface area (Å²) in [5.41, 5.74) is 2.21. The van der Waals surface area contributed by atoms with E-state index >= 15 is 0 Å². The molecule has 1 aromatic carbocycles. The summed E-state index contributed by atoms with van der Waals surface area (Å²) in [4.78, 5) is 23.8. The number of carbonyl (C=O) groups excluding carboxylic acids is 2. The van der Waals surface area contributed by atoms with Crippen LogP contribution in [-0.2, 0) is 6.54 Å². The molecule has 0 saturated heterocycles. The number of hydrogen-bond acceptors (Lipinski definition) is 4. The van der Waals surface area contributed by atoms with Crippen molar-refractivity contribution < 1.29 is 14.8 Å². The van der Waals surface area contributed by atoms with Crippen LogP contribution in [-0.4, -0.2) is 17.0 Å². The van der Waals surface area contributed by atoms with Crippen molar-refractivity contribution in [1.82, 2.24) is 10.8 Å². The molecule has 1 heterocycles. The van der Waals surface area contributed by atoms with E-state index in [2.05, 4.69) is 5.32 Å². The van der Waals surface area contributed by atoms with Gasteiger partial charge in [0, 0.05) is 6.54 Å². The molecule has 0 saturated carbocycles. The highest BCUT2D eigenvalue weighted by molar-refractivity contribution is 7.15. The first-order valence-corrected chi connectivity index (χ1v) is 7.35. The molecule has 2 rings (SSSR count). The maximum atomic E-state index is 12.0. The van der Waals surface area contributed by atoms with Gasteiger partial charge in [-0.15, -0.1) is 11.3 Å². The average molecular weight is 345 g/mol. The Hall–Kier alpha value is -1.60. The van der Waals surface area contributed by atoms with Crippen molar-refractivity contribution in [2.24, 2.45) is 0 Å². The molecule has 1 aromatic heterocycles. The predicted molar refractivity (Wildman–Crippen MR) is 81.2 cm³/mol. The summed E-state index contributed by atoms with van der Waals surface area (Å²) < 4.78 is 0. The van der Waals surface area contributed by atoms with Gasteiger partial charge >= 0.3 is 0 Å². The molecule has 3 N–H and O–H groups in total. The molecule has 0 fully saturated rings. The van der Waals surface area contributed by atoms with Crippen LogP contribution in [0.4, 0.5) is 0 Å². The molecule has 0 radical (unpaired) electrons. The van der Waals surface area contributed by atoms with E-state index in [-0.39, 0.29) is 17.3 Å². The van der Waals surface area contributed by atoms with Crippen LogP contribution in [0.5, 0.6) is 0 Å². The number of benzene rings is 1. The van der Waals surface area contributed by atoms with E-state index in [0.717, 1.165) is 11.3 Å². The lowest BCUT2D eigenvalue weighted by molar-refractivity contribution is 0.0711. The third-order valence-electron chi connectivity index (χ3n) is 2.63. The van der Waals surface area contributed by atoms with Crippen LogP contribution in [0.15, 0.2) is 30.3 Å². The van der Waals surface area contributed by atoms with Crippen molar-refractivity contribution in [3.8, 4) is 0 Å². The van der Waals surface area contributed by atoms with Crippen LogP contribution in [0.25, 0.3) is 0 Å². The maximum Gasteiger partial charge on any atom is 0.284 e. The third kappa shape index (κ3) is 3.74. The van der Waals surface area contributed by atoms with Crippen molar-refractivity contribution in [2.75, 3.05) is 0 Å². The van der Waals surface area contributed by atoms with Gasteiger partial charge in [0.25, 0.3) is 11.8 Å². The van der Waals surface area contributed by atoms with Gasteiger partial charge in [0.1, 0.15) is 0 Å². The molecule has 5 nitrogen and oxygen atoms in total. The standard InChI is InChI=1S/C13H10Cl2N2O3S/c14-8-3-1-2-7(11(8)15)6-16-12(18)9-4-5-10(21-9)13(19)17-20/h1-5,20H,6H2,(H,16,18)(H,17,19).